The molecule has 1 fully saturated rings. The summed E-state index contributed by atoms with van der Waals surface area (Å²) in [5.74, 6) is 0.182. The number of piperazine rings is 1. The van der Waals surface area contributed by atoms with E-state index in [1.807, 2.05) is 4.90 Å². The van der Waals surface area contributed by atoms with Gasteiger partial charge in [-0.25, -0.2) is 9.37 Å². The van der Waals surface area contributed by atoms with Crippen molar-refractivity contribution in [2.45, 2.75) is 12.2 Å². The largest absolute Gasteiger partial charge is 0.352 e. The van der Waals surface area contributed by atoms with Gasteiger partial charge in [-0.05, 0) is 37.3 Å². The molecule has 1 unspecified atom stereocenters. The molecule has 30 heavy (non-hydrogen) atoms. The molecule has 1 saturated heterocycles. The molecule has 3 rings (SSSR count). The Balaban J connectivity index is 1.45. The Bertz CT molecular complexity index is 908. The zero-order chi connectivity index (χ0) is 21.7. The van der Waals surface area contributed by atoms with E-state index in [1.54, 1.807) is 24.1 Å². The first-order valence-electron chi connectivity index (χ1n) is 9.35. The number of hydrogen-bond donors (Lipinski definition) is 1. The van der Waals surface area contributed by atoms with E-state index in [0.29, 0.717) is 47.7 Å². The zero-order valence-corrected chi connectivity index (χ0v) is 18.6. The summed E-state index contributed by atoms with van der Waals surface area (Å²) >= 11 is 13.4. The summed E-state index contributed by atoms with van der Waals surface area (Å²) in [6, 6.07) is 7.20. The zero-order valence-electron chi connectivity index (χ0n) is 16.3. The van der Waals surface area contributed by atoms with Gasteiger partial charge in [-0.2, -0.15) is 0 Å². The average molecular weight is 471 g/mol. The third-order valence-corrected chi connectivity index (χ3v) is 6.23. The highest BCUT2D eigenvalue weighted by atomic mass is 35.5. The van der Waals surface area contributed by atoms with Crippen LogP contribution in [0.3, 0.4) is 0 Å². The van der Waals surface area contributed by atoms with Crippen LogP contribution in [0, 0.1) is 5.82 Å². The Kier molecular flexibility index (Phi) is 7.80. The molecule has 1 aromatic carbocycles. The molecule has 10 heteroatoms. The second-order valence-electron chi connectivity index (χ2n) is 6.78. The summed E-state index contributed by atoms with van der Waals surface area (Å²) < 4.78 is 12.9. The van der Waals surface area contributed by atoms with Gasteiger partial charge in [0, 0.05) is 38.1 Å². The minimum Gasteiger partial charge on any atom is -0.352 e. The van der Waals surface area contributed by atoms with Gasteiger partial charge in [0.25, 0.3) is 0 Å². The summed E-state index contributed by atoms with van der Waals surface area (Å²) in [6.07, 6.45) is 1.55. The van der Waals surface area contributed by atoms with Crippen LogP contribution in [0.25, 0.3) is 0 Å². The molecule has 0 saturated carbocycles. The lowest BCUT2D eigenvalue weighted by atomic mass is 10.2. The van der Waals surface area contributed by atoms with E-state index >= 15 is 0 Å². The van der Waals surface area contributed by atoms with Crippen molar-refractivity contribution in [1.29, 1.82) is 0 Å². The van der Waals surface area contributed by atoms with E-state index in [2.05, 4.69) is 10.3 Å². The summed E-state index contributed by atoms with van der Waals surface area (Å²) in [4.78, 5) is 32.9. The minimum atomic E-state index is -0.365. The van der Waals surface area contributed by atoms with Gasteiger partial charge in [-0.15, -0.1) is 11.8 Å². The lowest BCUT2D eigenvalue weighted by Crippen LogP contribution is -2.51. The number of carbonyl (C=O) groups is 2. The quantitative estimate of drug-likeness (QED) is 0.692. The number of thioether (sulfide) groups is 1. The third-order valence-electron chi connectivity index (χ3n) is 4.62. The number of pyridine rings is 1. The summed E-state index contributed by atoms with van der Waals surface area (Å²) in [5, 5.41) is 3.30. The molecule has 2 heterocycles. The second kappa shape index (κ2) is 10.3. The predicted octanol–water partition coefficient (Wildman–Crippen LogP) is 3.94. The lowest BCUT2D eigenvalue weighted by molar-refractivity contribution is -0.130. The van der Waals surface area contributed by atoms with Crippen molar-refractivity contribution in [3.8, 4) is 0 Å². The Morgan fingerprint density at radius 3 is 2.50 bits per heavy atom. The van der Waals surface area contributed by atoms with Gasteiger partial charge in [0.2, 0.25) is 11.8 Å². The monoisotopic (exact) mass is 470 g/mol. The van der Waals surface area contributed by atoms with Crippen molar-refractivity contribution >= 4 is 58.3 Å². The maximum atomic E-state index is 12.9. The normalized spacial score (nSPS) is 15.1. The predicted molar refractivity (Wildman–Crippen MR) is 120 cm³/mol. The van der Waals surface area contributed by atoms with Crippen LogP contribution in [0.5, 0.6) is 0 Å². The number of amides is 2. The van der Waals surface area contributed by atoms with Crippen LogP contribution < -0.4 is 10.2 Å². The average Bonchev–Trinajstić information content (AvgIpc) is 2.73. The molecule has 1 aliphatic heterocycles. The first-order valence-corrected chi connectivity index (χ1v) is 11.2. The fourth-order valence-electron chi connectivity index (χ4n) is 3.04. The summed E-state index contributed by atoms with van der Waals surface area (Å²) in [5.41, 5.74) is 0.520. The summed E-state index contributed by atoms with van der Waals surface area (Å²) in [6.45, 7) is 4.12. The first-order chi connectivity index (χ1) is 14.3. The number of carbonyl (C=O) groups excluding carboxylic acids is 2. The van der Waals surface area contributed by atoms with Gasteiger partial charge < -0.3 is 15.1 Å². The maximum Gasteiger partial charge on any atom is 0.235 e. The third kappa shape index (κ3) is 6.00. The van der Waals surface area contributed by atoms with Crippen LogP contribution in [0.1, 0.15) is 6.92 Å². The molecule has 0 bridgehead atoms. The minimum absolute atomic E-state index is 0.00982. The van der Waals surface area contributed by atoms with Crippen molar-refractivity contribution in [3.63, 3.8) is 0 Å². The molecule has 0 radical (unpaired) electrons. The Morgan fingerprint density at radius 2 is 1.87 bits per heavy atom. The number of aromatic nitrogens is 1. The van der Waals surface area contributed by atoms with Gasteiger partial charge in [0.05, 0.1) is 21.0 Å². The highest BCUT2D eigenvalue weighted by Gasteiger charge is 2.27. The van der Waals surface area contributed by atoms with Gasteiger partial charge in [-0.3, -0.25) is 9.59 Å². The number of halogens is 3. The fraction of sp³-hybridized carbons (Fsp3) is 0.350. The van der Waals surface area contributed by atoms with E-state index in [9.17, 15) is 14.0 Å². The molecule has 6 nitrogen and oxygen atoms in total. The SMILES string of the molecule is CC(SCC(=O)Nc1ccc(F)cc1)C(=O)N1CCN(c2ncc(Cl)cc2Cl)CC1. The number of nitrogens with one attached hydrogen (secondary N) is 1. The Labute approximate surface area is 188 Å². The Morgan fingerprint density at radius 1 is 1.20 bits per heavy atom. The number of anilines is 2. The van der Waals surface area contributed by atoms with E-state index < -0.39 is 0 Å². The number of hydrogen-bond acceptors (Lipinski definition) is 5. The lowest BCUT2D eigenvalue weighted by Gasteiger charge is -2.36. The standard InChI is InChI=1S/C20H21Cl2FN4O2S/c1-13(30-12-18(28)25-16-4-2-15(23)3-5-16)20(29)27-8-6-26(7-9-27)19-17(22)10-14(21)11-24-19/h2-5,10-11,13H,6-9,12H2,1H3,(H,25,28). The molecule has 1 atom stereocenters. The van der Waals surface area contributed by atoms with E-state index in [4.69, 9.17) is 23.2 Å². The van der Waals surface area contributed by atoms with Crippen LogP contribution in [0.4, 0.5) is 15.9 Å². The van der Waals surface area contributed by atoms with Gasteiger partial charge in [0.1, 0.15) is 11.6 Å². The molecule has 1 N–H and O–H groups in total. The van der Waals surface area contributed by atoms with Crippen LogP contribution >= 0.6 is 35.0 Å². The highest BCUT2D eigenvalue weighted by Crippen LogP contribution is 2.27. The van der Waals surface area contributed by atoms with Gasteiger partial charge in [0.15, 0.2) is 0 Å². The van der Waals surface area contributed by atoms with Crippen molar-refractivity contribution in [1.82, 2.24) is 9.88 Å². The highest BCUT2D eigenvalue weighted by molar-refractivity contribution is 8.01. The van der Waals surface area contributed by atoms with Crippen LogP contribution in [-0.4, -0.2) is 58.9 Å². The second-order valence-corrected chi connectivity index (χ2v) is 8.95. The molecule has 0 aliphatic carbocycles. The van der Waals surface area contributed by atoms with Gasteiger partial charge >= 0.3 is 0 Å². The first kappa shape index (κ1) is 22.7. The number of nitrogens with zero attached hydrogens (tertiary/aromatic N) is 3. The van der Waals surface area contributed by atoms with Crippen LogP contribution in [0.15, 0.2) is 36.5 Å². The molecule has 2 aromatic rings. The van der Waals surface area contributed by atoms with Crippen molar-refractivity contribution < 1.29 is 14.0 Å². The molecule has 1 aromatic heterocycles. The number of rotatable bonds is 6. The van der Waals surface area contributed by atoms with Crippen molar-refractivity contribution in [2.24, 2.45) is 0 Å². The van der Waals surface area contributed by atoms with Gasteiger partial charge in [-0.1, -0.05) is 23.2 Å². The van der Waals surface area contributed by atoms with E-state index in [-0.39, 0.29) is 28.6 Å². The van der Waals surface area contributed by atoms with E-state index in [1.165, 1.54) is 36.0 Å². The van der Waals surface area contributed by atoms with Crippen molar-refractivity contribution in [3.05, 3.63) is 52.4 Å². The smallest absolute Gasteiger partial charge is 0.235 e. The van der Waals surface area contributed by atoms with Crippen LogP contribution in [0.2, 0.25) is 10.0 Å². The topological polar surface area (TPSA) is 65.5 Å². The van der Waals surface area contributed by atoms with Crippen LogP contribution in [-0.2, 0) is 9.59 Å². The molecule has 160 valence electrons. The number of benzene rings is 1. The molecular formula is C20H21Cl2FN4O2S. The summed E-state index contributed by atoms with van der Waals surface area (Å²) in [7, 11) is 0. The Hall–Kier alpha value is -2.03. The molecule has 1 aliphatic rings. The fourth-order valence-corrected chi connectivity index (χ4v) is 4.30. The molecular weight excluding hydrogens is 450 g/mol. The van der Waals surface area contributed by atoms with Crippen molar-refractivity contribution in [2.75, 3.05) is 42.1 Å². The molecule has 2 amide bonds. The maximum absolute atomic E-state index is 12.9. The van der Waals surface area contributed by atoms with E-state index in [0.717, 1.165) is 0 Å². The molecule has 0 spiro atoms.